The Morgan fingerprint density at radius 3 is 2.59 bits per heavy atom. The summed E-state index contributed by atoms with van der Waals surface area (Å²) in [5, 5.41) is 1.77. The number of nitrogens with one attached hydrogen (secondary N) is 1. The molecule has 4 nitrogen and oxygen atoms in total. The summed E-state index contributed by atoms with van der Waals surface area (Å²) < 4.78 is 42.9. The summed E-state index contributed by atoms with van der Waals surface area (Å²) in [6, 6.07) is 3.00. The molecule has 1 aliphatic carbocycles. The highest BCUT2D eigenvalue weighted by molar-refractivity contribution is 6.31. The standard InChI is InChI=1S/C14H13ClF3NO3/c1-7-4-9(7)13(21)22-6-12(20)19-8-2-3-11(15)10(5-8)14(16,17)18/h2-3,5,7,9H,4,6H2,1H3,(H,19,20)/t7-,9+/m1/s1. The lowest BCUT2D eigenvalue weighted by atomic mass is 10.2. The number of hydrogen-bond donors (Lipinski definition) is 1. The van der Waals surface area contributed by atoms with Crippen LogP contribution in [-0.4, -0.2) is 18.5 Å². The number of anilines is 1. The molecule has 2 rings (SSSR count). The number of ether oxygens (including phenoxy) is 1. The average Bonchev–Trinajstić information content (AvgIpc) is 3.14. The van der Waals surface area contributed by atoms with Crippen molar-refractivity contribution in [1.82, 2.24) is 0 Å². The summed E-state index contributed by atoms with van der Waals surface area (Å²) >= 11 is 5.47. The van der Waals surface area contributed by atoms with Crippen LogP contribution in [0.25, 0.3) is 0 Å². The third-order valence-electron chi connectivity index (χ3n) is 3.31. The van der Waals surface area contributed by atoms with Crippen LogP contribution in [0.2, 0.25) is 5.02 Å². The minimum atomic E-state index is -4.62. The molecule has 0 radical (unpaired) electrons. The second-order valence-electron chi connectivity index (χ2n) is 5.17. The highest BCUT2D eigenvalue weighted by atomic mass is 35.5. The smallest absolute Gasteiger partial charge is 0.417 e. The number of benzene rings is 1. The first-order valence-electron chi connectivity index (χ1n) is 6.51. The maximum Gasteiger partial charge on any atom is 0.417 e. The predicted octanol–water partition coefficient (Wildman–Crippen LogP) is 3.50. The van der Waals surface area contributed by atoms with Crippen molar-refractivity contribution < 1.29 is 27.5 Å². The zero-order valence-corrected chi connectivity index (χ0v) is 12.3. The van der Waals surface area contributed by atoms with E-state index in [9.17, 15) is 22.8 Å². The Balaban J connectivity index is 1.93. The van der Waals surface area contributed by atoms with Gasteiger partial charge in [0, 0.05) is 5.69 Å². The van der Waals surface area contributed by atoms with Crippen LogP contribution in [0.15, 0.2) is 18.2 Å². The molecule has 0 heterocycles. The summed E-state index contributed by atoms with van der Waals surface area (Å²) in [6.45, 7) is 1.35. The van der Waals surface area contributed by atoms with Crippen LogP contribution >= 0.6 is 11.6 Å². The van der Waals surface area contributed by atoms with Crippen molar-refractivity contribution in [2.45, 2.75) is 19.5 Å². The van der Waals surface area contributed by atoms with Gasteiger partial charge in [-0.2, -0.15) is 13.2 Å². The van der Waals surface area contributed by atoms with E-state index in [2.05, 4.69) is 5.32 Å². The van der Waals surface area contributed by atoms with Crippen LogP contribution in [0.4, 0.5) is 18.9 Å². The maximum absolute atomic E-state index is 12.7. The van der Waals surface area contributed by atoms with Gasteiger partial charge in [-0.05, 0) is 30.5 Å². The first-order valence-corrected chi connectivity index (χ1v) is 6.89. The van der Waals surface area contributed by atoms with Gasteiger partial charge in [-0.25, -0.2) is 0 Å². The van der Waals surface area contributed by atoms with Crippen LogP contribution in [0.5, 0.6) is 0 Å². The molecule has 0 bridgehead atoms. The number of rotatable bonds is 4. The zero-order valence-electron chi connectivity index (χ0n) is 11.5. The Morgan fingerprint density at radius 2 is 2.05 bits per heavy atom. The molecule has 1 saturated carbocycles. The third kappa shape index (κ3) is 4.13. The van der Waals surface area contributed by atoms with Crippen LogP contribution in [-0.2, 0) is 20.5 Å². The lowest BCUT2D eigenvalue weighted by Gasteiger charge is -2.12. The molecule has 1 amide bonds. The molecular formula is C14H13ClF3NO3. The molecule has 1 N–H and O–H groups in total. The molecule has 0 aromatic heterocycles. The minimum Gasteiger partial charge on any atom is -0.455 e. The fraction of sp³-hybridized carbons (Fsp3) is 0.429. The van der Waals surface area contributed by atoms with Crippen LogP contribution in [0.1, 0.15) is 18.9 Å². The molecular weight excluding hydrogens is 323 g/mol. The van der Waals surface area contributed by atoms with E-state index in [1.807, 2.05) is 6.92 Å². The normalized spacial score (nSPS) is 20.4. The van der Waals surface area contributed by atoms with Gasteiger partial charge >= 0.3 is 12.1 Å². The molecule has 120 valence electrons. The first kappa shape index (κ1) is 16.6. The van der Waals surface area contributed by atoms with E-state index in [1.165, 1.54) is 6.07 Å². The van der Waals surface area contributed by atoms with Crippen molar-refractivity contribution in [3.63, 3.8) is 0 Å². The molecule has 0 aliphatic heterocycles. The average molecular weight is 336 g/mol. The van der Waals surface area contributed by atoms with Crippen molar-refractivity contribution >= 4 is 29.2 Å². The van der Waals surface area contributed by atoms with E-state index in [4.69, 9.17) is 16.3 Å². The first-order chi connectivity index (χ1) is 10.2. The molecule has 1 aromatic rings. The van der Waals surface area contributed by atoms with Crippen molar-refractivity contribution in [2.24, 2.45) is 11.8 Å². The van der Waals surface area contributed by atoms with Crippen LogP contribution in [0.3, 0.4) is 0 Å². The van der Waals surface area contributed by atoms with E-state index in [-0.39, 0.29) is 17.5 Å². The van der Waals surface area contributed by atoms with Gasteiger partial charge in [0.1, 0.15) is 0 Å². The van der Waals surface area contributed by atoms with E-state index >= 15 is 0 Å². The number of alkyl halides is 3. The summed E-state index contributed by atoms with van der Waals surface area (Å²) in [5.74, 6) is -1.10. The molecule has 1 aliphatic rings. The van der Waals surface area contributed by atoms with E-state index < -0.39 is 35.2 Å². The highest BCUT2D eigenvalue weighted by Crippen LogP contribution is 2.38. The number of esters is 1. The van der Waals surface area contributed by atoms with E-state index in [1.54, 1.807) is 0 Å². The number of carbonyl (C=O) groups excluding carboxylic acids is 2. The second kappa shape index (κ2) is 6.16. The van der Waals surface area contributed by atoms with Gasteiger partial charge in [0.15, 0.2) is 6.61 Å². The minimum absolute atomic E-state index is 0.0717. The van der Waals surface area contributed by atoms with Gasteiger partial charge in [0.05, 0.1) is 16.5 Å². The van der Waals surface area contributed by atoms with Crippen molar-refractivity contribution in [2.75, 3.05) is 11.9 Å². The molecule has 0 saturated heterocycles. The summed E-state index contributed by atoms with van der Waals surface area (Å²) in [5.41, 5.74) is -1.12. The summed E-state index contributed by atoms with van der Waals surface area (Å²) in [4.78, 5) is 23.0. The Bertz CT molecular complexity index is 603. The van der Waals surface area contributed by atoms with E-state index in [0.29, 0.717) is 0 Å². The third-order valence-corrected chi connectivity index (χ3v) is 3.64. The number of hydrogen-bond acceptors (Lipinski definition) is 3. The Hall–Kier alpha value is -1.76. The Labute approximate surface area is 129 Å². The molecule has 1 fully saturated rings. The van der Waals surface area contributed by atoms with Gasteiger partial charge in [-0.15, -0.1) is 0 Å². The lowest BCUT2D eigenvalue weighted by molar-refractivity contribution is -0.148. The molecule has 1 aromatic carbocycles. The monoisotopic (exact) mass is 335 g/mol. The quantitative estimate of drug-likeness (QED) is 0.857. The van der Waals surface area contributed by atoms with Gasteiger partial charge in [-0.1, -0.05) is 18.5 Å². The highest BCUT2D eigenvalue weighted by Gasteiger charge is 2.40. The Kier molecular flexibility index (Phi) is 4.65. The number of amides is 1. The SMILES string of the molecule is C[C@@H]1C[C@@H]1C(=O)OCC(=O)Nc1ccc(Cl)c(C(F)(F)F)c1. The van der Waals surface area contributed by atoms with Gasteiger partial charge in [-0.3, -0.25) is 9.59 Å². The van der Waals surface area contributed by atoms with Crippen molar-refractivity contribution in [3.05, 3.63) is 28.8 Å². The second-order valence-corrected chi connectivity index (χ2v) is 5.57. The molecule has 22 heavy (non-hydrogen) atoms. The molecule has 0 unspecified atom stereocenters. The topological polar surface area (TPSA) is 55.4 Å². The molecule has 8 heteroatoms. The van der Waals surface area contributed by atoms with Crippen LogP contribution < -0.4 is 5.32 Å². The lowest BCUT2D eigenvalue weighted by Crippen LogP contribution is -2.22. The van der Waals surface area contributed by atoms with E-state index in [0.717, 1.165) is 18.6 Å². The predicted molar refractivity (Wildman–Crippen MR) is 73.3 cm³/mol. The van der Waals surface area contributed by atoms with Crippen molar-refractivity contribution in [1.29, 1.82) is 0 Å². The summed E-state index contributed by atoms with van der Waals surface area (Å²) in [6.07, 6.45) is -3.89. The number of halogens is 4. The van der Waals surface area contributed by atoms with Crippen molar-refractivity contribution in [3.8, 4) is 0 Å². The Morgan fingerprint density at radius 1 is 1.41 bits per heavy atom. The summed E-state index contributed by atoms with van der Waals surface area (Å²) in [7, 11) is 0. The number of carbonyl (C=O) groups is 2. The van der Waals surface area contributed by atoms with Gasteiger partial charge < -0.3 is 10.1 Å². The van der Waals surface area contributed by atoms with Gasteiger partial charge in [0.25, 0.3) is 5.91 Å². The largest absolute Gasteiger partial charge is 0.455 e. The zero-order chi connectivity index (χ0) is 16.5. The fourth-order valence-electron chi connectivity index (χ4n) is 1.91. The fourth-order valence-corrected chi connectivity index (χ4v) is 2.14. The van der Waals surface area contributed by atoms with Gasteiger partial charge in [0.2, 0.25) is 0 Å². The molecule has 0 spiro atoms. The molecule has 2 atom stereocenters. The van der Waals surface area contributed by atoms with Crippen LogP contribution in [0, 0.1) is 11.8 Å². The maximum atomic E-state index is 12.7.